The highest BCUT2D eigenvalue weighted by molar-refractivity contribution is 7.09. The highest BCUT2D eigenvalue weighted by Crippen LogP contribution is 2.41. The Labute approximate surface area is 204 Å². The Hall–Kier alpha value is -2.74. The van der Waals surface area contributed by atoms with Gasteiger partial charge in [0.25, 0.3) is 5.91 Å². The molecule has 2 saturated heterocycles. The molecule has 4 amide bonds. The zero-order valence-electron chi connectivity index (χ0n) is 19.4. The first kappa shape index (κ1) is 23.0. The van der Waals surface area contributed by atoms with E-state index >= 15 is 0 Å². The molecule has 0 radical (unpaired) electrons. The van der Waals surface area contributed by atoms with Gasteiger partial charge < -0.3 is 10.2 Å². The van der Waals surface area contributed by atoms with Crippen molar-refractivity contribution in [2.24, 2.45) is 11.8 Å². The number of carbonyl (C=O) groups is 3. The van der Waals surface area contributed by atoms with Gasteiger partial charge in [0.2, 0.25) is 5.91 Å². The van der Waals surface area contributed by atoms with Gasteiger partial charge in [-0.15, -0.1) is 11.3 Å². The number of carbonyl (C=O) groups excluding carboxylic acids is 3. The van der Waals surface area contributed by atoms with Crippen LogP contribution in [0, 0.1) is 11.8 Å². The molecule has 3 fully saturated rings. The van der Waals surface area contributed by atoms with Crippen LogP contribution < -0.4 is 5.32 Å². The van der Waals surface area contributed by atoms with Gasteiger partial charge in [-0.2, -0.15) is 0 Å². The molecule has 34 heavy (non-hydrogen) atoms. The van der Waals surface area contributed by atoms with E-state index in [4.69, 9.17) is 0 Å². The molecule has 2 aromatic rings. The van der Waals surface area contributed by atoms with E-state index < -0.39 is 5.54 Å². The lowest BCUT2D eigenvalue weighted by Crippen LogP contribution is -2.54. The van der Waals surface area contributed by atoms with E-state index in [2.05, 4.69) is 10.3 Å². The second kappa shape index (κ2) is 9.86. The minimum atomic E-state index is -1.12. The van der Waals surface area contributed by atoms with E-state index in [0.717, 1.165) is 23.3 Å². The molecule has 7 nitrogen and oxygen atoms in total. The topological polar surface area (TPSA) is 82.6 Å². The third-order valence-corrected chi connectivity index (χ3v) is 8.74. The van der Waals surface area contributed by atoms with Gasteiger partial charge in [-0.05, 0) is 61.5 Å². The van der Waals surface area contributed by atoms with Crippen molar-refractivity contribution in [3.8, 4) is 0 Å². The van der Waals surface area contributed by atoms with Crippen molar-refractivity contribution in [3.63, 3.8) is 0 Å². The molecule has 2 aromatic heterocycles. The van der Waals surface area contributed by atoms with Crippen molar-refractivity contribution in [3.05, 3.63) is 52.5 Å². The Bertz CT molecular complexity index is 1010. The number of hydrogen-bond donors (Lipinski definition) is 1. The number of nitrogens with zero attached hydrogens (tertiary/aromatic N) is 3. The Morgan fingerprint density at radius 3 is 2.59 bits per heavy atom. The molecule has 5 rings (SSSR count). The number of amides is 4. The van der Waals surface area contributed by atoms with Crippen molar-refractivity contribution in [2.75, 3.05) is 19.6 Å². The van der Waals surface area contributed by atoms with Crippen LogP contribution in [0.5, 0.6) is 0 Å². The van der Waals surface area contributed by atoms with Crippen LogP contribution in [0.15, 0.2) is 42.0 Å². The van der Waals surface area contributed by atoms with E-state index in [1.54, 1.807) is 23.7 Å². The molecule has 4 heterocycles. The number of hydrogen-bond acceptors (Lipinski definition) is 5. The molecule has 8 heteroatoms. The zero-order chi connectivity index (χ0) is 23.5. The molecule has 0 aromatic carbocycles. The molecule has 1 saturated carbocycles. The van der Waals surface area contributed by atoms with E-state index in [0.29, 0.717) is 51.2 Å². The molecule has 1 atom stereocenters. The SMILES string of the molecule is O=C(CC1CCCC1)N1CCC([C@]2(c3cccnc3)NC(=O)N(CCc3cccs3)C2=O)CC1. The number of likely N-dealkylation sites (tertiary alicyclic amines) is 1. The number of nitrogens with one attached hydrogen (secondary N) is 1. The Balaban J connectivity index is 1.32. The first-order valence-corrected chi connectivity index (χ1v) is 13.3. The van der Waals surface area contributed by atoms with Crippen molar-refractivity contribution < 1.29 is 14.4 Å². The van der Waals surface area contributed by atoms with Crippen LogP contribution in [-0.4, -0.2) is 52.3 Å². The van der Waals surface area contributed by atoms with Crippen molar-refractivity contribution in [1.82, 2.24) is 20.1 Å². The number of pyridine rings is 1. The van der Waals surface area contributed by atoms with Gasteiger partial charge >= 0.3 is 6.03 Å². The summed E-state index contributed by atoms with van der Waals surface area (Å²) >= 11 is 1.63. The molecule has 2 aliphatic heterocycles. The van der Waals surface area contributed by atoms with Crippen molar-refractivity contribution in [2.45, 2.75) is 56.9 Å². The molecule has 0 bridgehead atoms. The first-order valence-electron chi connectivity index (χ1n) is 12.4. The van der Waals surface area contributed by atoms with Gasteiger partial charge in [-0.3, -0.25) is 19.5 Å². The number of imide groups is 1. The van der Waals surface area contributed by atoms with Crippen molar-refractivity contribution >= 4 is 29.2 Å². The fourth-order valence-corrected chi connectivity index (χ4v) is 6.63. The largest absolute Gasteiger partial charge is 0.343 e. The molecule has 180 valence electrons. The summed E-state index contributed by atoms with van der Waals surface area (Å²) in [6, 6.07) is 7.35. The molecule has 0 unspecified atom stereocenters. The zero-order valence-corrected chi connectivity index (χ0v) is 20.3. The predicted octanol–water partition coefficient (Wildman–Crippen LogP) is 3.95. The fourth-order valence-electron chi connectivity index (χ4n) is 5.93. The average molecular weight is 481 g/mol. The second-order valence-corrected chi connectivity index (χ2v) is 10.8. The lowest BCUT2D eigenvalue weighted by atomic mass is 9.73. The smallest absolute Gasteiger partial charge is 0.325 e. The van der Waals surface area contributed by atoms with Crippen LogP contribution in [0.2, 0.25) is 0 Å². The minimum Gasteiger partial charge on any atom is -0.343 e. The van der Waals surface area contributed by atoms with E-state index in [1.165, 1.54) is 17.7 Å². The molecule has 3 aliphatic rings. The standard InChI is InChI=1S/C26H32N4O3S/c31-23(17-19-5-1-2-6-19)29-13-9-20(10-14-29)26(21-7-3-12-27-18-21)24(32)30(25(33)28-26)15-11-22-8-4-16-34-22/h3-4,7-8,12,16,18-20H,1-2,5-6,9-11,13-15,17H2,(H,28,33)/t26-/m1/s1. The van der Waals surface area contributed by atoms with Gasteiger partial charge in [-0.1, -0.05) is 25.0 Å². The van der Waals surface area contributed by atoms with Crippen LogP contribution in [-0.2, 0) is 21.5 Å². The molecular formula is C26H32N4O3S. The fraction of sp³-hybridized carbons (Fsp3) is 0.538. The predicted molar refractivity (Wildman–Crippen MR) is 130 cm³/mol. The monoisotopic (exact) mass is 480 g/mol. The normalized spacial score (nSPS) is 24.1. The quantitative estimate of drug-likeness (QED) is 0.609. The summed E-state index contributed by atoms with van der Waals surface area (Å²) in [5.41, 5.74) is -0.399. The van der Waals surface area contributed by atoms with Crippen LogP contribution in [0.3, 0.4) is 0 Å². The number of aromatic nitrogens is 1. The second-order valence-electron chi connectivity index (χ2n) is 9.78. The van der Waals surface area contributed by atoms with Crippen LogP contribution in [0.1, 0.15) is 55.4 Å². The number of thiophene rings is 1. The molecular weight excluding hydrogens is 448 g/mol. The maximum Gasteiger partial charge on any atom is 0.325 e. The summed E-state index contributed by atoms with van der Waals surface area (Å²) in [4.78, 5) is 48.5. The highest BCUT2D eigenvalue weighted by Gasteiger charge is 2.57. The summed E-state index contributed by atoms with van der Waals surface area (Å²) < 4.78 is 0. The summed E-state index contributed by atoms with van der Waals surface area (Å²) in [5.74, 6) is 0.480. The molecule has 1 N–H and O–H groups in total. The summed E-state index contributed by atoms with van der Waals surface area (Å²) in [5, 5.41) is 5.09. The molecule has 1 aliphatic carbocycles. The third-order valence-electron chi connectivity index (χ3n) is 7.81. The van der Waals surface area contributed by atoms with Crippen molar-refractivity contribution in [1.29, 1.82) is 0 Å². The van der Waals surface area contributed by atoms with Gasteiger partial charge in [-0.25, -0.2) is 4.79 Å². The summed E-state index contributed by atoms with van der Waals surface area (Å²) in [7, 11) is 0. The van der Waals surface area contributed by atoms with E-state index in [9.17, 15) is 14.4 Å². The Morgan fingerprint density at radius 1 is 1.12 bits per heavy atom. The van der Waals surface area contributed by atoms with E-state index in [1.807, 2.05) is 34.5 Å². The minimum absolute atomic E-state index is 0.0876. The number of piperidine rings is 1. The summed E-state index contributed by atoms with van der Waals surface area (Å²) in [6.45, 7) is 1.60. The molecule has 0 spiro atoms. The van der Waals surface area contributed by atoms with Crippen LogP contribution in [0.25, 0.3) is 0 Å². The van der Waals surface area contributed by atoms with Gasteiger partial charge in [0, 0.05) is 48.9 Å². The maximum atomic E-state index is 13.9. The first-order chi connectivity index (χ1) is 16.6. The average Bonchev–Trinajstić information content (AvgIpc) is 3.61. The van der Waals surface area contributed by atoms with Gasteiger partial charge in [0.1, 0.15) is 0 Å². The van der Waals surface area contributed by atoms with Crippen LogP contribution >= 0.6 is 11.3 Å². The lowest BCUT2D eigenvalue weighted by Gasteiger charge is -2.41. The number of urea groups is 1. The Kier molecular flexibility index (Phi) is 6.68. The van der Waals surface area contributed by atoms with Gasteiger partial charge in [0.05, 0.1) is 0 Å². The third kappa shape index (κ3) is 4.35. The maximum absolute atomic E-state index is 13.9. The highest BCUT2D eigenvalue weighted by atomic mass is 32.1. The number of rotatable bonds is 7. The summed E-state index contributed by atoms with van der Waals surface area (Å²) in [6.07, 6.45) is 10.8. The lowest BCUT2D eigenvalue weighted by molar-refractivity contribution is -0.136. The van der Waals surface area contributed by atoms with Crippen LogP contribution in [0.4, 0.5) is 4.79 Å². The van der Waals surface area contributed by atoms with E-state index in [-0.39, 0.29) is 23.8 Å². The van der Waals surface area contributed by atoms with Gasteiger partial charge in [0.15, 0.2) is 5.54 Å². The Morgan fingerprint density at radius 2 is 1.91 bits per heavy atom.